The highest BCUT2D eigenvalue weighted by Gasteiger charge is 2.34. The number of aromatic hydroxyl groups is 1. The second-order valence-corrected chi connectivity index (χ2v) is 7.80. The number of aromatic nitrogens is 4. The van der Waals surface area contributed by atoms with Gasteiger partial charge in [0.05, 0.1) is 11.9 Å². The van der Waals surface area contributed by atoms with Crippen LogP contribution in [0, 0.1) is 11.7 Å². The highest BCUT2D eigenvalue weighted by molar-refractivity contribution is 5.98. The van der Waals surface area contributed by atoms with E-state index in [9.17, 15) is 14.3 Å². The van der Waals surface area contributed by atoms with Crippen molar-refractivity contribution in [2.45, 2.75) is 19.4 Å². The first-order valence-electron chi connectivity index (χ1n) is 10.3. The first-order valence-corrected chi connectivity index (χ1v) is 10.3. The molecule has 0 spiro atoms. The van der Waals surface area contributed by atoms with E-state index in [0.717, 1.165) is 18.5 Å². The summed E-state index contributed by atoms with van der Waals surface area (Å²) in [4.78, 5) is 23.1. The van der Waals surface area contributed by atoms with Gasteiger partial charge in [0.1, 0.15) is 17.8 Å². The summed E-state index contributed by atoms with van der Waals surface area (Å²) in [5.74, 6) is -0.801. The minimum atomic E-state index is -0.723. The molecule has 2 aromatic heterocycles. The van der Waals surface area contributed by atoms with Gasteiger partial charge in [-0.15, -0.1) is 0 Å². The summed E-state index contributed by atoms with van der Waals surface area (Å²) >= 11 is 0. The fourth-order valence-electron chi connectivity index (χ4n) is 3.77. The molecule has 1 aliphatic rings. The quantitative estimate of drug-likeness (QED) is 0.483. The molecule has 8 nitrogen and oxygen atoms in total. The number of nitrogens with two attached hydrogens (primary N) is 1. The number of amides is 1. The number of halogens is 1. The van der Waals surface area contributed by atoms with E-state index in [-0.39, 0.29) is 17.6 Å². The predicted molar refractivity (Wildman–Crippen MR) is 118 cm³/mol. The number of anilines is 2. The number of phenolic OH excluding ortho intramolecular Hbond substituents is 1. The molecule has 0 aliphatic heterocycles. The molecule has 0 radical (unpaired) electrons. The predicted octanol–water partition coefficient (Wildman–Crippen LogP) is 3.36. The number of para-hydroxylation sites is 1. The van der Waals surface area contributed by atoms with Gasteiger partial charge >= 0.3 is 0 Å². The summed E-state index contributed by atoms with van der Waals surface area (Å²) in [6.07, 6.45) is 3.18. The molecule has 32 heavy (non-hydrogen) atoms. The summed E-state index contributed by atoms with van der Waals surface area (Å²) in [7, 11) is 0. The third-order valence-electron chi connectivity index (χ3n) is 5.57. The van der Waals surface area contributed by atoms with Crippen molar-refractivity contribution in [2.75, 3.05) is 17.2 Å². The Morgan fingerprint density at radius 1 is 1.19 bits per heavy atom. The standard InChI is InChI=1S/C23H21FN6O2/c24-17-9-8-15(12-18(17)31)20-19-21(25)26-13-27-22(19)30(28-20)11-10-29(23(32)14-6-7-14)16-4-2-1-3-5-16/h1-5,8-9,12-14,31H,6-7,10-11H2,(H2,25,26,27). The van der Waals surface area contributed by atoms with E-state index in [0.29, 0.717) is 35.4 Å². The fraction of sp³-hybridized carbons (Fsp3) is 0.217. The smallest absolute Gasteiger partial charge is 0.230 e. The zero-order chi connectivity index (χ0) is 22.2. The second kappa shape index (κ2) is 7.92. The van der Waals surface area contributed by atoms with Crippen molar-refractivity contribution in [3.8, 4) is 17.0 Å². The van der Waals surface area contributed by atoms with Gasteiger partial charge in [-0.05, 0) is 43.2 Å². The number of nitrogen functional groups attached to an aromatic ring is 1. The molecule has 5 rings (SSSR count). The molecule has 3 N–H and O–H groups in total. The van der Waals surface area contributed by atoms with Crippen LogP contribution in [-0.2, 0) is 11.3 Å². The molecule has 9 heteroatoms. The van der Waals surface area contributed by atoms with E-state index in [2.05, 4.69) is 15.1 Å². The van der Waals surface area contributed by atoms with Crippen LogP contribution in [0.2, 0.25) is 0 Å². The van der Waals surface area contributed by atoms with Crippen LogP contribution in [0.3, 0.4) is 0 Å². The number of phenols is 1. The first-order chi connectivity index (χ1) is 15.5. The number of hydrogen-bond acceptors (Lipinski definition) is 6. The average Bonchev–Trinajstić information content (AvgIpc) is 3.58. The maximum atomic E-state index is 13.6. The topological polar surface area (TPSA) is 110 Å². The van der Waals surface area contributed by atoms with Gasteiger partial charge in [-0.25, -0.2) is 19.0 Å². The number of carbonyl (C=O) groups is 1. The van der Waals surface area contributed by atoms with Crippen LogP contribution in [-0.4, -0.2) is 37.3 Å². The molecule has 1 aliphatic carbocycles. The number of hydrogen-bond donors (Lipinski definition) is 2. The van der Waals surface area contributed by atoms with Crippen LogP contribution in [0.5, 0.6) is 5.75 Å². The van der Waals surface area contributed by atoms with Gasteiger partial charge in [-0.2, -0.15) is 5.10 Å². The lowest BCUT2D eigenvalue weighted by atomic mass is 10.1. The highest BCUT2D eigenvalue weighted by atomic mass is 19.1. The Balaban J connectivity index is 1.52. The Kier molecular flexibility index (Phi) is 4.93. The SMILES string of the molecule is Nc1ncnc2c1c(-c1ccc(F)c(O)c1)nn2CCN(C(=O)C1CC1)c1ccccc1. The van der Waals surface area contributed by atoms with Crippen LogP contribution in [0.15, 0.2) is 54.9 Å². The number of fused-ring (bicyclic) bond motifs is 1. The van der Waals surface area contributed by atoms with Gasteiger partial charge in [0.25, 0.3) is 0 Å². The van der Waals surface area contributed by atoms with Crippen molar-refractivity contribution in [1.82, 2.24) is 19.7 Å². The summed E-state index contributed by atoms with van der Waals surface area (Å²) in [5.41, 5.74) is 8.38. The first kappa shape index (κ1) is 19.9. The maximum absolute atomic E-state index is 13.6. The number of nitrogens with zero attached hydrogens (tertiary/aromatic N) is 5. The molecule has 4 aromatic rings. The van der Waals surface area contributed by atoms with E-state index >= 15 is 0 Å². The normalized spacial score (nSPS) is 13.4. The molecule has 0 unspecified atom stereocenters. The van der Waals surface area contributed by atoms with E-state index in [1.54, 1.807) is 9.58 Å². The lowest BCUT2D eigenvalue weighted by Gasteiger charge is -2.23. The Bertz CT molecular complexity index is 1300. The van der Waals surface area contributed by atoms with Crippen molar-refractivity contribution < 1.29 is 14.3 Å². The van der Waals surface area contributed by atoms with E-state index in [4.69, 9.17) is 5.73 Å². The molecule has 1 saturated carbocycles. The molecular weight excluding hydrogens is 411 g/mol. The molecule has 0 atom stereocenters. The van der Waals surface area contributed by atoms with E-state index in [1.807, 2.05) is 30.3 Å². The third-order valence-corrected chi connectivity index (χ3v) is 5.57. The highest BCUT2D eigenvalue weighted by Crippen LogP contribution is 2.34. The van der Waals surface area contributed by atoms with Crippen molar-refractivity contribution >= 4 is 28.4 Å². The van der Waals surface area contributed by atoms with Crippen molar-refractivity contribution in [3.63, 3.8) is 0 Å². The van der Waals surface area contributed by atoms with E-state index < -0.39 is 11.6 Å². The number of carbonyl (C=O) groups excluding carboxylic acids is 1. The van der Waals surface area contributed by atoms with Gasteiger partial charge in [0, 0.05) is 23.7 Å². The largest absolute Gasteiger partial charge is 0.505 e. The van der Waals surface area contributed by atoms with Crippen LogP contribution < -0.4 is 10.6 Å². The number of rotatable bonds is 6. The van der Waals surface area contributed by atoms with Crippen molar-refractivity contribution in [2.24, 2.45) is 5.92 Å². The van der Waals surface area contributed by atoms with Gasteiger partial charge in [-0.3, -0.25) is 4.79 Å². The Morgan fingerprint density at radius 2 is 1.97 bits per heavy atom. The van der Waals surface area contributed by atoms with Crippen molar-refractivity contribution in [3.05, 3.63) is 60.7 Å². The molecule has 1 fully saturated rings. The van der Waals surface area contributed by atoms with Crippen LogP contribution in [0.25, 0.3) is 22.3 Å². The zero-order valence-corrected chi connectivity index (χ0v) is 17.1. The number of benzene rings is 2. The summed E-state index contributed by atoms with van der Waals surface area (Å²) in [6.45, 7) is 0.766. The minimum Gasteiger partial charge on any atom is -0.505 e. The average molecular weight is 432 g/mol. The monoisotopic (exact) mass is 432 g/mol. The van der Waals surface area contributed by atoms with Gasteiger partial charge < -0.3 is 15.7 Å². The molecule has 0 saturated heterocycles. The van der Waals surface area contributed by atoms with Crippen LogP contribution >= 0.6 is 0 Å². The Morgan fingerprint density at radius 3 is 2.69 bits per heavy atom. The molecule has 2 heterocycles. The van der Waals surface area contributed by atoms with Crippen LogP contribution in [0.4, 0.5) is 15.9 Å². The zero-order valence-electron chi connectivity index (χ0n) is 17.1. The van der Waals surface area contributed by atoms with Gasteiger partial charge in [0.15, 0.2) is 17.2 Å². The fourth-order valence-corrected chi connectivity index (χ4v) is 3.77. The van der Waals surface area contributed by atoms with Gasteiger partial charge in [-0.1, -0.05) is 18.2 Å². The van der Waals surface area contributed by atoms with Crippen molar-refractivity contribution in [1.29, 1.82) is 0 Å². The van der Waals surface area contributed by atoms with Crippen LogP contribution in [0.1, 0.15) is 12.8 Å². The summed E-state index contributed by atoms with van der Waals surface area (Å²) in [5, 5.41) is 15.0. The summed E-state index contributed by atoms with van der Waals surface area (Å²) in [6, 6.07) is 13.5. The summed E-state index contributed by atoms with van der Waals surface area (Å²) < 4.78 is 15.2. The second-order valence-electron chi connectivity index (χ2n) is 7.80. The molecule has 2 aromatic carbocycles. The molecule has 162 valence electrons. The molecular formula is C23H21FN6O2. The lowest BCUT2D eigenvalue weighted by molar-refractivity contribution is -0.119. The Labute approximate surface area is 183 Å². The third kappa shape index (κ3) is 3.62. The molecule has 1 amide bonds. The lowest BCUT2D eigenvalue weighted by Crippen LogP contribution is -2.35. The van der Waals surface area contributed by atoms with E-state index in [1.165, 1.54) is 24.5 Å². The maximum Gasteiger partial charge on any atom is 0.230 e. The Hall–Kier alpha value is -4.01. The minimum absolute atomic E-state index is 0.0697. The van der Waals surface area contributed by atoms with Gasteiger partial charge in [0.2, 0.25) is 5.91 Å². The molecule has 0 bridgehead atoms.